The zero-order valence-electron chi connectivity index (χ0n) is 8.57. The Hall–Kier alpha value is -1.40. The van der Waals surface area contributed by atoms with E-state index in [0.717, 1.165) is 6.07 Å². The molecular formula is C11H8BrF2N3. The van der Waals surface area contributed by atoms with Crippen molar-refractivity contribution in [3.8, 4) is 0 Å². The average Bonchev–Trinajstić information content (AvgIpc) is 2.35. The Labute approximate surface area is 105 Å². The number of hydrogen-bond donors (Lipinski definition) is 1. The van der Waals surface area contributed by atoms with Gasteiger partial charge < -0.3 is 5.73 Å². The summed E-state index contributed by atoms with van der Waals surface area (Å²) in [7, 11) is 0. The summed E-state index contributed by atoms with van der Waals surface area (Å²) >= 11 is 3.00. The lowest BCUT2D eigenvalue weighted by Gasteiger charge is -2.14. The minimum Gasteiger partial charge on any atom is -0.320 e. The van der Waals surface area contributed by atoms with Gasteiger partial charge in [-0.3, -0.25) is 0 Å². The molecule has 1 heterocycles. The lowest BCUT2D eigenvalue weighted by molar-refractivity contribution is 0.539. The molecule has 6 heteroatoms. The second-order valence-electron chi connectivity index (χ2n) is 3.41. The van der Waals surface area contributed by atoms with Crippen molar-refractivity contribution >= 4 is 15.9 Å². The summed E-state index contributed by atoms with van der Waals surface area (Å²) in [6, 6.07) is 3.11. The summed E-state index contributed by atoms with van der Waals surface area (Å²) in [5, 5.41) is 7.21. The maximum atomic E-state index is 13.8. The summed E-state index contributed by atoms with van der Waals surface area (Å²) in [6.07, 6.45) is 2.80. The van der Waals surface area contributed by atoms with Crippen molar-refractivity contribution in [2.75, 3.05) is 0 Å². The van der Waals surface area contributed by atoms with Gasteiger partial charge in [-0.05, 0) is 39.7 Å². The monoisotopic (exact) mass is 299 g/mol. The van der Waals surface area contributed by atoms with Gasteiger partial charge in [0.15, 0.2) is 0 Å². The van der Waals surface area contributed by atoms with Crippen LogP contribution in [-0.4, -0.2) is 10.2 Å². The molecule has 0 aliphatic carbocycles. The summed E-state index contributed by atoms with van der Waals surface area (Å²) in [6.45, 7) is 0. The fourth-order valence-corrected chi connectivity index (χ4v) is 1.83. The zero-order chi connectivity index (χ0) is 12.4. The molecule has 0 saturated heterocycles. The summed E-state index contributed by atoms with van der Waals surface area (Å²) in [4.78, 5) is 0. The van der Waals surface area contributed by atoms with E-state index in [2.05, 4.69) is 26.1 Å². The van der Waals surface area contributed by atoms with Crippen LogP contribution in [0.1, 0.15) is 17.2 Å². The smallest absolute Gasteiger partial charge is 0.145 e. The van der Waals surface area contributed by atoms with Crippen molar-refractivity contribution in [2.45, 2.75) is 6.04 Å². The van der Waals surface area contributed by atoms with Crippen LogP contribution in [0, 0.1) is 11.6 Å². The van der Waals surface area contributed by atoms with Gasteiger partial charge in [0.1, 0.15) is 11.6 Å². The number of halogens is 3. The molecule has 0 amide bonds. The molecule has 3 nitrogen and oxygen atoms in total. The van der Waals surface area contributed by atoms with Crippen molar-refractivity contribution in [3.05, 3.63) is 57.8 Å². The van der Waals surface area contributed by atoms with Gasteiger partial charge in [0.2, 0.25) is 0 Å². The van der Waals surface area contributed by atoms with Gasteiger partial charge in [-0.1, -0.05) is 0 Å². The summed E-state index contributed by atoms with van der Waals surface area (Å²) < 4.78 is 27.6. The maximum absolute atomic E-state index is 13.8. The normalized spacial score (nSPS) is 12.5. The molecule has 17 heavy (non-hydrogen) atoms. The molecular weight excluding hydrogens is 292 g/mol. The largest absolute Gasteiger partial charge is 0.320 e. The molecule has 1 unspecified atom stereocenters. The van der Waals surface area contributed by atoms with Gasteiger partial charge in [-0.15, -0.1) is 0 Å². The van der Waals surface area contributed by atoms with Gasteiger partial charge >= 0.3 is 0 Å². The van der Waals surface area contributed by atoms with Crippen LogP contribution in [0.2, 0.25) is 0 Å². The van der Waals surface area contributed by atoms with Gasteiger partial charge in [0.05, 0.1) is 16.7 Å². The van der Waals surface area contributed by atoms with Crippen LogP contribution in [0.5, 0.6) is 0 Å². The quantitative estimate of drug-likeness (QED) is 0.867. The Balaban J connectivity index is 2.51. The predicted molar refractivity (Wildman–Crippen MR) is 62.1 cm³/mol. The highest BCUT2D eigenvalue weighted by atomic mass is 79.9. The van der Waals surface area contributed by atoms with Gasteiger partial charge in [-0.2, -0.15) is 10.2 Å². The number of nitrogens with two attached hydrogens (primary N) is 1. The summed E-state index contributed by atoms with van der Waals surface area (Å²) in [5.74, 6) is -1.38. The van der Waals surface area contributed by atoms with E-state index in [-0.39, 0.29) is 10.0 Å². The highest BCUT2D eigenvalue weighted by Crippen LogP contribution is 2.28. The van der Waals surface area contributed by atoms with Crippen molar-refractivity contribution in [1.29, 1.82) is 0 Å². The first-order valence-electron chi connectivity index (χ1n) is 4.77. The third-order valence-electron chi connectivity index (χ3n) is 2.36. The highest BCUT2D eigenvalue weighted by molar-refractivity contribution is 9.10. The Kier molecular flexibility index (Phi) is 3.44. The highest BCUT2D eigenvalue weighted by Gasteiger charge is 2.20. The molecule has 0 fully saturated rings. The van der Waals surface area contributed by atoms with Crippen LogP contribution >= 0.6 is 15.9 Å². The van der Waals surface area contributed by atoms with Crippen LogP contribution < -0.4 is 5.73 Å². The Morgan fingerprint density at radius 3 is 2.59 bits per heavy atom. The van der Waals surface area contributed by atoms with Crippen LogP contribution in [-0.2, 0) is 0 Å². The molecule has 0 aliphatic heterocycles. The number of aromatic nitrogens is 2. The van der Waals surface area contributed by atoms with Crippen LogP contribution in [0.15, 0.2) is 35.1 Å². The fraction of sp³-hybridized carbons (Fsp3) is 0.0909. The number of rotatable bonds is 2. The molecule has 0 spiro atoms. The van der Waals surface area contributed by atoms with E-state index in [1.807, 2.05) is 0 Å². The minimum absolute atomic E-state index is 0.173. The molecule has 1 aromatic heterocycles. The lowest BCUT2D eigenvalue weighted by Crippen LogP contribution is -2.16. The molecule has 0 aliphatic rings. The average molecular weight is 300 g/mol. The van der Waals surface area contributed by atoms with E-state index in [9.17, 15) is 8.78 Å². The fourth-order valence-electron chi connectivity index (χ4n) is 1.48. The first-order chi connectivity index (χ1) is 8.11. The number of benzene rings is 1. The van der Waals surface area contributed by atoms with E-state index >= 15 is 0 Å². The van der Waals surface area contributed by atoms with Gasteiger partial charge in [0, 0.05) is 11.8 Å². The zero-order valence-corrected chi connectivity index (χ0v) is 10.2. The Morgan fingerprint density at radius 1 is 1.18 bits per heavy atom. The standard InChI is InChI=1S/C11H8BrF2N3/c12-7-1-2-8(13)9(10(7)14)11(15)6-3-4-16-17-5-6/h1-5,11H,15H2. The molecule has 1 aromatic carbocycles. The maximum Gasteiger partial charge on any atom is 0.145 e. The second-order valence-corrected chi connectivity index (χ2v) is 4.26. The van der Waals surface area contributed by atoms with Crippen molar-refractivity contribution in [1.82, 2.24) is 10.2 Å². The van der Waals surface area contributed by atoms with Gasteiger partial charge in [-0.25, -0.2) is 8.78 Å². The molecule has 0 saturated carbocycles. The lowest BCUT2D eigenvalue weighted by atomic mass is 10.0. The third kappa shape index (κ3) is 2.32. The molecule has 0 radical (unpaired) electrons. The topological polar surface area (TPSA) is 51.8 Å². The molecule has 2 N–H and O–H groups in total. The van der Waals surface area contributed by atoms with E-state index in [0.29, 0.717) is 5.56 Å². The molecule has 2 aromatic rings. The Morgan fingerprint density at radius 2 is 1.94 bits per heavy atom. The van der Waals surface area contributed by atoms with Crippen molar-refractivity contribution in [2.24, 2.45) is 5.73 Å². The molecule has 2 rings (SSSR count). The SMILES string of the molecule is NC(c1ccnnc1)c1c(F)ccc(Br)c1F. The van der Waals surface area contributed by atoms with Gasteiger partial charge in [0.25, 0.3) is 0 Å². The first-order valence-corrected chi connectivity index (χ1v) is 5.56. The van der Waals surface area contributed by atoms with Crippen molar-refractivity contribution in [3.63, 3.8) is 0 Å². The summed E-state index contributed by atoms with van der Waals surface area (Å²) in [5.41, 5.74) is 6.13. The van der Waals surface area contributed by atoms with E-state index in [4.69, 9.17) is 5.73 Å². The predicted octanol–water partition coefficient (Wildman–Crippen LogP) is 2.57. The first kappa shape index (κ1) is 12.1. The van der Waals surface area contributed by atoms with E-state index < -0.39 is 17.7 Å². The number of hydrogen-bond acceptors (Lipinski definition) is 3. The van der Waals surface area contributed by atoms with Crippen molar-refractivity contribution < 1.29 is 8.78 Å². The number of nitrogens with zero attached hydrogens (tertiary/aromatic N) is 2. The Bertz CT molecular complexity index is 534. The minimum atomic E-state index is -0.914. The van der Waals surface area contributed by atoms with Crippen LogP contribution in [0.25, 0.3) is 0 Å². The molecule has 0 bridgehead atoms. The molecule has 1 atom stereocenters. The third-order valence-corrected chi connectivity index (χ3v) is 2.97. The van der Waals surface area contributed by atoms with E-state index in [1.54, 1.807) is 6.07 Å². The second kappa shape index (κ2) is 4.85. The molecule has 88 valence electrons. The van der Waals surface area contributed by atoms with E-state index in [1.165, 1.54) is 18.5 Å². The van der Waals surface area contributed by atoms with Crippen LogP contribution in [0.3, 0.4) is 0 Å². The van der Waals surface area contributed by atoms with Crippen LogP contribution in [0.4, 0.5) is 8.78 Å².